The average molecular weight is 201 g/mol. The maximum absolute atomic E-state index is 8.86. The third-order valence-corrected chi connectivity index (χ3v) is 2.85. The summed E-state index contributed by atoms with van der Waals surface area (Å²) < 4.78 is 0. The van der Waals surface area contributed by atoms with Crippen molar-refractivity contribution in [3.8, 4) is 6.07 Å². The summed E-state index contributed by atoms with van der Waals surface area (Å²) in [6, 6.07) is 10.7. The summed E-state index contributed by atoms with van der Waals surface area (Å²) >= 11 is 0. The Hall–Kier alpha value is -1.37. The topological polar surface area (TPSA) is 39.1 Å². The smallest absolute Gasteiger partial charge is 0.108 e. The maximum Gasteiger partial charge on any atom is 0.108 e. The van der Waals surface area contributed by atoms with E-state index in [0.29, 0.717) is 0 Å². The summed E-state index contributed by atoms with van der Waals surface area (Å²) in [6.07, 6.45) is 0. The van der Waals surface area contributed by atoms with Gasteiger partial charge in [-0.05, 0) is 18.2 Å². The van der Waals surface area contributed by atoms with E-state index in [9.17, 15) is 0 Å². The lowest BCUT2D eigenvalue weighted by Crippen LogP contribution is -2.35. The zero-order valence-corrected chi connectivity index (χ0v) is 8.90. The molecule has 1 unspecified atom stereocenters. The lowest BCUT2D eigenvalue weighted by molar-refractivity contribution is 0.269. The number of fused-ring (bicyclic) bond motifs is 1. The fourth-order valence-corrected chi connectivity index (χ4v) is 1.99. The molecule has 1 heterocycles. The van der Waals surface area contributed by atoms with Crippen molar-refractivity contribution in [2.75, 3.05) is 13.6 Å². The zero-order chi connectivity index (χ0) is 10.7. The molecular weight excluding hydrogens is 186 g/mol. The standard InChI is InChI=1S/C12H15N3/c1-14-12(6-13)9-15-7-10-4-2-3-5-11(10)8-15/h2-5,12,14H,7-9H2,1H3. The molecule has 0 aromatic heterocycles. The Bertz CT molecular complexity index is 356. The second kappa shape index (κ2) is 4.43. The summed E-state index contributed by atoms with van der Waals surface area (Å²) in [5.74, 6) is 0. The number of hydrogen-bond acceptors (Lipinski definition) is 3. The van der Waals surface area contributed by atoms with Gasteiger partial charge in [-0.2, -0.15) is 5.26 Å². The van der Waals surface area contributed by atoms with E-state index in [1.165, 1.54) is 11.1 Å². The van der Waals surface area contributed by atoms with Crippen molar-refractivity contribution in [1.82, 2.24) is 10.2 Å². The highest BCUT2D eigenvalue weighted by atomic mass is 15.2. The normalized spacial score (nSPS) is 17.1. The average Bonchev–Trinajstić information content (AvgIpc) is 2.68. The Morgan fingerprint density at radius 2 is 2.00 bits per heavy atom. The highest BCUT2D eigenvalue weighted by molar-refractivity contribution is 5.30. The molecule has 0 radical (unpaired) electrons. The first-order valence-corrected chi connectivity index (χ1v) is 5.19. The van der Waals surface area contributed by atoms with Gasteiger partial charge in [-0.25, -0.2) is 0 Å². The van der Waals surface area contributed by atoms with Crippen LogP contribution in [0.4, 0.5) is 0 Å². The molecule has 1 atom stereocenters. The van der Waals surface area contributed by atoms with Gasteiger partial charge in [0.1, 0.15) is 6.04 Å². The van der Waals surface area contributed by atoms with Crippen molar-refractivity contribution < 1.29 is 0 Å². The third kappa shape index (κ3) is 2.17. The minimum atomic E-state index is -0.0701. The van der Waals surface area contributed by atoms with Gasteiger partial charge in [-0.15, -0.1) is 0 Å². The molecule has 0 saturated heterocycles. The lowest BCUT2D eigenvalue weighted by Gasteiger charge is -2.17. The molecule has 0 amide bonds. The molecule has 2 rings (SSSR count). The molecule has 3 nitrogen and oxygen atoms in total. The lowest BCUT2D eigenvalue weighted by atomic mass is 10.1. The van der Waals surface area contributed by atoms with Gasteiger partial charge in [0, 0.05) is 19.6 Å². The van der Waals surface area contributed by atoms with E-state index >= 15 is 0 Å². The van der Waals surface area contributed by atoms with Crippen molar-refractivity contribution in [3.05, 3.63) is 35.4 Å². The molecule has 3 heteroatoms. The van der Waals surface area contributed by atoms with Crippen LogP contribution < -0.4 is 5.32 Å². The second-order valence-electron chi connectivity index (χ2n) is 3.91. The van der Waals surface area contributed by atoms with Crippen molar-refractivity contribution >= 4 is 0 Å². The summed E-state index contributed by atoms with van der Waals surface area (Å²) in [5, 5.41) is 11.9. The summed E-state index contributed by atoms with van der Waals surface area (Å²) in [5.41, 5.74) is 2.79. The number of rotatable bonds is 3. The fourth-order valence-electron chi connectivity index (χ4n) is 1.99. The first-order chi connectivity index (χ1) is 7.33. The first kappa shape index (κ1) is 10.2. The van der Waals surface area contributed by atoms with Gasteiger partial charge in [0.05, 0.1) is 6.07 Å². The molecule has 0 fully saturated rings. The van der Waals surface area contributed by atoms with Gasteiger partial charge in [0.2, 0.25) is 0 Å². The number of nitrogens with zero attached hydrogens (tertiary/aromatic N) is 2. The largest absolute Gasteiger partial charge is 0.304 e. The summed E-state index contributed by atoms with van der Waals surface area (Å²) in [4.78, 5) is 2.30. The van der Waals surface area contributed by atoms with Crippen LogP contribution in [-0.4, -0.2) is 24.5 Å². The van der Waals surface area contributed by atoms with Gasteiger partial charge in [0.15, 0.2) is 0 Å². The second-order valence-corrected chi connectivity index (χ2v) is 3.91. The van der Waals surface area contributed by atoms with Crippen molar-refractivity contribution in [3.63, 3.8) is 0 Å². The van der Waals surface area contributed by atoms with Gasteiger partial charge in [0.25, 0.3) is 0 Å². The molecule has 0 saturated carbocycles. The summed E-state index contributed by atoms with van der Waals surface area (Å²) in [6.45, 7) is 2.73. The van der Waals surface area contributed by atoms with Crippen molar-refractivity contribution in [1.29, 1.82) is 5.26 Å². The van der Waals surface area contributed by atoms with Crippen molar-refractivity contribution in [2.45, 2.75) is 19.1 Å². The van der Waals surface area contributed by atoms with Crippen LogP contribution in [0.2, 0.25) is 0 Å². The maximum atomic E-state index is 8.86. The van der Waals surface area contributed by atoms with E-state index in [1.54, 1.807) is 0 Å². The predicted molar refractivity (Wildman–Crippen MR) is 59.0 cm³/mol. The van der Waals surface area contributed by atoms with Crippen LogP contribution in [0.15, 0.2) is 24.3 Å². The number of benzene rings is 1. The molecule has 1 aromatic carbocycles. The Morgan fingerprint density at radius 3 is 2.47 bits per heavy atom. The number of hydrogen-bond donors (Lipinski definition) is 1. The summed E-state index contributed by atoms with van der Waals surface area (Å²) in [7, 11) is 1.83. The Morgan fingerprint density at radius 1 is 1.40 bits per heavy atom. The zero-order valence-electron chi connectivity index (χ0n) is 8.90. The van der Waals surface area contributed by atoms with Crippen LogP contribution in [0.25, 0.3) is 0 Å². The predicted octanol–water partition coefficient (Wildman–Crippen LogP) is 1.11. The Labute approximate surface area is 90.3 Å². The molecule has 0 aliphatic carbocycles. The minimum absolute atomic E-state index is 0.0701. The highest BCUT2D eigenvalue weighted by Gasteiger charge is 2.20. The molecule has 0 bridgehead atoms. The van der Waals surface area contributed by atoms with Gasteiger partial charge < -0.3 is 5.32 Å². The van der Waals surface area contributed by atoms with Gasteiger partial charge >= 0.3 is 0 Å². The molecule has 78 valence electrons. The number of nitriles is 1. The van der Waals surface area contributed by atoms with Crippen LogP contribution >= 0.6 is 0 Å². The van der Waals surface area contributed by atoms with Crippen LogP contribution in [0.1, 0.15) is 11.1 Å². The Kier molecular flexibility index (Phi) is 3.00. The molecule has 1 N–H and O–H groups in total. The fraction of sp³-hybridized carbons (Fsp3) is 0.417. The van der Waals surface area contributed by atoms with E-state index in [1.807, 2.05) is 7.05 Å². The molecule has 1 aliphatic heterocycles. The van der Waals surface area contributed by atoms with E-state index in [4.69, 9.17) is 5.26 Å². The molecule has 1 aromatic rings. The molecule has 15 heavy (non-hydrogen) atoms. The monoisotopic (exact) mass is 201 g/mol. The highest BCUT2D eigenvalue weighted by Crippen LogP contribution is 2.21. The Balaban J connectivity index is 1.99. The number of likely N-dealkylation sites (N-methyl/N-ethyl adjacent to an activating group) is 1. The quantitative estimate of drug-likeness (QED) is 0.796. The van der Waals surface area contributed by atoms with Crippen LogP contribution in [0.3, 0.4) is 0 Å². The van der Waals surface area contributed by atoms with Crippen LogP contribution in [0, 0.1) is 11.3 Å². The molecular formula is C12H15N3. The molecule has 1 aliphatic rings. The van der Waals surface area contributed by atoms with E-state index in [0.717, 1.165) is 19.6 Å². The van der Waals surface area contributed by atoms with Crippen LogP contribution in [-0.2, 0) is 13.1 Å². The first-order valence-electron chi connectivity index (χ1n) is 5.19. The molecule has 0 spiro atoms. The van der Waals surface area contributed by atoms with E-state index < -0.39 is 0 Å². The van der Waals surface area contributed by atoms with E-state index in [-0.39, 0.29) is 6.04 Å². The number of nitrogens with one attached hydrogen (secondary N) is 1. The van der Waals surface area contributed by atoms with Crippen LogP contribution in [0.5, 0.6) is 0 Å². The van der Waals surface area contributed by atoms with E-state index in [2.05, 4.69) is 40.6 Å². The third-order valence-electron chi connectivity index (χ3n) is 2.85. The minimum Gasteiger partial charge on any atom is -0.304 e. The van der Waals surface area contributed by atoms with Crippen molar-refractivity contribution in [2.24, 2.45) is 0 Å². The SMILES string of the molecule is CNC(C#N)CN1Cc2ccccc2C1. The van der Waals surface area contributed by atoms with Gasteiger partial charge in [-0.1, -0.05) is 24.3 Å². The van der Waals surface area contributed by atoms with Gasteiger partial charge in [-0.3, -0.25) is 4.90 Å².